The maximum atomic E-state index is 12.7. The van der Waals surface area contributed by atoms with Gasteiger partial charge in [-0.05, 0) is 31.2 Å². The zero-order valence-corrected chi connectivity index (χ0v) is 13.7. The molecule has 0 unspecified atom stereocenters. The van der Waals surface area contributed by atoms with E-state index in [1.165, 1.54) is 16.6 Å². The fourth-order valence-corrected chi connectivity index (χ4v) is 2.45. The lowest BCUT2D eigenvalue weighted by Gasteiger charge is -2.10. The number of carbonyl (C=O) groups excluding carboxylic acids is 1. The van der Waals surface area contributed by atoms with Crippen LogP contribution in [0.15, 0.2) is 42.7 Å². The number of halogens is 3. The van der Waals surface area contributed by atoms with Crippen LogP contribution in [0.1, 0.15) is 21.6 Å². The molecular weight excluding hydrogens is 349 g/mol. The van der Waals surface area contributed by atoms with Gasteiger partial charge in [0, 0.05) is 12.4 Å². The smallest absolute Gasteiger partial charge is 0.416 e. The molecule has 0 fully saturated rings. The SMILES string of the molecule is Cc1nn2cccnc2c1C(=O)NCCOc1cccc(C(F)(F)F)c1. The van der Waals surface area contributed by atoms with E-state index in [0.29, 0.717) is 16.9 Å². The number of hydrogen-bond donors (Lipinski definition) is 1. The molecule has 26 heavy (non-hydrogen) atoms. The molecule has 0 radical (unpaired) electrons. The van der Waals surface area contributed by atoms with Crippen LogP contribution in [0, 0.1) is 6.92 Å². The first kappa shape index (κ1) is 17.7. The number of aryl methyl sites for hydroxylation is 1. The Hall–Kier alpha value is -3.10. The van der Waals surface area contributed by atoms with Gasteiger partial charge in [0.1, 0.15) is 17.9 Å². The standard InChI is InChI=1S/C17H15F3N4O2/c1-11-14(15-21-6-3-8-24(15)23-11)16(25)22-7-9-26-13-5-2-4-12(10-13)17(18,19)20/h2-6,8,10H,7,9H2,1H3,(H,22,25). The molecule has 0 bridgehead atoms. The summed E-state index contributed by atoms with van der Waals surface area (Å²) in [4.78, 5) is 16.5. The van der Waals surface area contributed by atoms with Crippen LogP contribution in [0.3, 0.4) is 0 Å². The van der Waals surface area contributed by atoms with Crippen molar-refractivity contribution in [2.75, 3.05) is 13.2 Å². The van der Waals surface area contributed by atoms with Gasteiger partial charge >= 0.3 is 6.18 Å². The molecule has 0 aliphatic rings. The Morgan fingerprint density at radius 1 is 1.31 bits per heavy atom. The molecular formula is C17H15F3N4O2. The second kappa shape index (κ2) is 7.03. The summed E-state index contributed by atoms with van der Waals surface area (Å²) in [5.74, 6) is -0.285. The quantitative estimate of drug-likeness (QED) is 0.707. The van der Waals surface area contributed by atoms with E-state index in [1.807, 2.05) is 0 Å². The molecule has 6 nitrogen and oxygen atoms in total. The summed E-state index contributed by atoms with van der Waals surface area (Å²) >= 11 is 0. The molecule has 2 heterocycles. The number of fused-ring (bicyclic) bond motifs is 1. The van der Waals surface area contributed by atoms with Crippen LogP contribution in [0.4, 0.5) is 13.2 Å². The highest BCUT2D eigenvalue weighted by molar-refractivity contribution is 6.00. The Morgan fingerprint density at radius 3 is 2.88 bits per heavy atom. The van der Waals surface area contributed by atoms with E-state index in [0.717, 1.165) is 12.1 Å². The van der Waals surface area contributed by atoms with Crippen LogP contribution in [0.2, 0.25) is 0 Å². The first-order chi connectivity index (χ1) is 12.4. The Bertz CT molecular complexity index is 937. The van der Waals surface area contributed by atoms with E-state index >= 15 is 0 Å². The van der Waals surface area contributed by atoms with Gasteiger partial charge in [0.05, 0.1) is 17.8 Å². The number of amides is 1. The first-order valence-corrected chi connectivity index (χ1v) is 7.74. The fourth-order valence-electron chi connectivity index (χ4n) is 2.45. The van der Waals surface area contributed by atoms with Crippen molar-refractivity contribution in [3.63, 3.8) is 0 Å². The Morgan fingerprint density at radius 2 is 2.12 bits per heavy atom. The summed E-state index contributed by atoms with van der Waals surface area (Å²) in [7, 11) is 0. The van der Waals surface area contributed by atoms with Crippen LogP contribution in [-0.4, -0.2) is 33.7 Å². The number of carbonyl (C=O) groups is 1. The fraction of sp³-hybridized carbons (Fsp3) is 0.235. The minimum absolute atomic E-state index is 0.0265. The molecule has 136 valence electrons. The molecule has 0 saturated carbocycles. The minimum Gasteiger partial charge on any atom is -0.492 e. The molecule has 0 spiro atoms. The largest absolute Gasteiger partial charge is 0.492 e. The van der Waals surface area contributed by atoms with Crippen molar-refractivity contribution < 1.29 is 22.7 Å². The molecule has 9 heteroatoms. The average Bonchev–Trinajstić information content (AvgIpc) is 2.94. The monoisotopic (exact) mass is 364 g/mol. The summed E-state index contributed by atoms with van der Waals surface area (Å²) in [6.45, 7) is 1.85. The lowest BCUT2D eigenvalue weighted by molar-refractivity contribution is -0.137. The van der Waals surface area contributed by atoms with E-state index in [4.69, 9.17) is 4.74 Å². The Labute approximate surface area is 146 Å². The van der Waals surface area contributed by atoms with Gasteiger partial charge in [-0.1, -0.05) is 6.07 Å². The molecule has 3 rings (SSSR count). The van der Waals surface area contributed by atoms with Crippen LogP contribution in [-0.2, 0) is 6.18 Å². The molecule has 2 aromatic heterocycles. The summed E-state index contributed by atoms with van der Waals surface area (Å²) < 4.78 is 44.8. The minimum atomic E-state index is -4.43. The first-order valence-electron chi connectivity index (χ1n) is 7.74. The molecule has 1 aromatic carbocycles. The maximum absolute atomic E-state index is 12.7. The highest BCUT2D eigenvalue weighted by Crippen LogP contribution is 2.31. The van der Waals surface area contributed by atoms with E-state index in [1.54, 1.807) is 25.4 Å². The molecule has 0 saturated heterocycles. The summed E-state index contributed by atoms with van der Waals surface area (Å²) in [6.07, 6.45) is -1.19. The van der Waals surface area contributed by atoms with Crippen molar-refractivity contribution in [3.05, 3.63) is 59.5 Å². The van der Waals surface area contributed by atoms with Crippen LogP contribution in [0.5, 0.6) is 5.75 Å². The molecule has 3 aromatic rings. The molecule has 0 aliphatic carbocycles. The van der Waals surface area contributed by atoms with Crippen molar-refractivity contribution in [3.8, 4) is 5.75 Å². The lowest BCUT2D eigenvalue weighted by Crippen LogP contribution is -2.28. The number of benzene rings is 1. The zero-order chi connectivity index (χ0) is 18.7. The number of rotatable bonds is 5. The summed E-state index contributed by atoms with van der Waals surface area (Å²) in [5.41, 5.74) is 0.526. The van der Waals surface area contributed by atoms with Crippen LogP contribution < -0.4 is 10.1 Å². The van der Waals surface area contributed by atoms with Gasteiger partial charge in [-0.2, -0.15) is 18.3 Å². The summed E-state index contributed by atoms with van der Waals surface area (Å²) in [6, 6.07) is 6.28. The van der Waals surface area contributed by atoms with E-state index in [-0.39, 0.29) is 24.8 Å². The van der Waals surface area contributed by atoms with E-state index in [2.05, 4.69) is 15.4 Å². The van der Waals surface area contributed by atoms with Crippen molar-refractivity contribution in [2.45, 2.75) is 13.1 Å². The topological polar surface area (TPSA) is 68.5 Å². The molecule has 1 amide bonds. The Kier molecular flexibility index (Phi) is 4.79. The highest BCUT2D eigenvalue weighted by Gasteiger charge is 2.30. The molecule has 0 aliphatic heterocycles. The van der Waals surface area contributed by atoms with E-state index < -0.39 is 11.7 Å². The number of aromatic nitrogens is 3. The van der Waals surface area contributed by atoms with Gasteiger partial charge in [-0.15, -0.1) is 0 Å². The third-order valence-corrected chi connectivity index (χ3v) is 3.62. The van der Waals surface area contributed by atoms with Gasteiger partial charge in [-0.3, -0.25) is 4.79 Å². The van der Waals surface area contributed by atoms with Crippen LogP contribution in [0.25, 0.3) is 5.65 Å². The van der Waals surface area contributed by atoms with Crippen molar-refractivity contribution in [2.24, 2.45) is 0 Å². The van der Waals surface area contributed by atoms with E-state index in [9.17, 15) is 18.0 Å². The van der Waals surface area contributed by atoms with Crippen molar-refractivity contribution in [1.29, 1.82) is 0 Å². The predicted molar refractivity (Wildman–Crippen MR) is 87.0 cm³/mol. The second-order valence-electron chi connectivity index (χ2n) is 5.48. The number of nitrogens with one attached hydrogen (secondary N) is 1. The average molecular weight is 364 g/mol. The second-order valence-corrected chi connectivity index (χ2v) is 5.48. The number of hydrogen-bond acceptors (Lipinski definition) is 4. The third-order valence-electron chi connectivity index (χ3n) is 3.62. The number of ether oxygens (including phenoxy) is 1. The van der Waals surface area contributed by atoms with Crippen molar-refractivity contribution >= 4 is 11.6 Å². The van der Waals surface area contributed by atoms with Gasteiger partial charge in [-0.25, -0.2) is 9.50 Å². The molecule has 0 atom stereocenters. The van der Waals surface area contributed by atoms with Gasteiger partial charge in [0.25, 0.3) is 5.91 Å². The molecule has 1 N–H and O–H groups in total. The normalized spacial score (nSPS) is 11.5. The predicted octanol–water partition coefficient (Wildman–Crippen LogP) is 2.87. The number of nitrogens with zero attached hydrogens (tertiary/aromatic N) is 3. The van der Waals surface area contributed by atoms with Gasteiger partial charge in [0.15, 0.2) is 5.65 Å². The highest BCUT2D eigenvalue weighted by atomic mass is 19.4. The van der Waals surface area contributed by atoms with Gasteiger partial charge < -0.3 is 10.1 Å². The maximum Gasteiger partial charge on any atom is 0.416 e. The Balaban J connectivity index is 1.58. The number of alkyl halides is 3. The zero-order valence-electron chi connectivity index (χ0n) is 13.7. The third kappa shape index (κ3) is 3.76. The van der Waals surface area contributed by atoms with Gasteiger partial charge in [0.2, 0.25) is 0 Å². The lowest BCUT2D eigenvalue weighted by atomic mass is 10.2. The van der Waals surface area contributed by atoms with Crippen LogP contribution >= 0.6 is 0 Å². The van der Waals surface area contributed by atoms with Crippen molar-refractivity contribution in [1.82, 2.24) is 19.9 Å². The summed E-state index contributed by atoms with van der Waals surface area (Å²) in [5, 5.41) is 6.85.